The van der Waals surface area contributed by atoms with E-state index in [-0.39, 0.29) is 21.7 Å². The molecule has 0 saturated heterocycles. The van der Waals surface area contributed by atoms with Crippen LogP contribution in [0, 0.1) is 0 Å². The highest BCUT2D eigenvalue weighted by molar-refractivity contribution is 6.08. The Morgan fingerprint density at radius 2 is 1.01 bits per heavy atom. The van der Waals surface area contributed by atoms with Crippen LogP contribution in [0.25, 0.3) is 21.5 Å². The zero-order valence-electron chi connectivity index (χ0n) is 44.5. The zero-order valence-corrected chi connectivity index (χ0v) is 44.5. The number of para-hydroxylation sites is 2. The monoisotopic (exact) mass is 927 g/mol. The first-order valence-corrected chi connectivity index (χ1v) is 26.4. The molecule has 6 aromatic carbocycles. The molecule has 0 amide bonds. The first kappa shape index (κ1) is 48.8. The average Bonchev–Trinajstić information content (AvgIpc) is 3.89. The molecule has 0 radical (unpaired) electrons. The van der Waals surface area contributed by atoms with Crippen LogP contribution in [0.4, 0.5) is 22.7 Å². The predicted molar refractivity (Wildman–Crippen MR) is 303 cm³/mol. The van der Waals surface area contributed by atoms with Crippen molar-refractivity contribution in [2.24, 2.45) is 0 Å². The lowest BCUT2D eigenvalue weighted by atomic mass is 9.79. The third-order valence-corrected chi connectivity index (χ3v) is 16.2. The van der Waals surface area contributed by atoms with Crippen molar-refractivity contribution in [3.8, 4) is 0 Å². The standard InChI is InChI=1S/C34H41N2.C32H37N2/c1-7-9-24-36-29-22-21-25-15-10-11-16-26(25)32(29)34(5,6)31(36)20-14-19-30-33(3,4)27-17-12-13-18-28(27)35(30)23-8-2;1-7-8-22-34-27-21-20-23-14-9-10-15-24(23)30(27)32(4,5)29(34)19-13-18-28-31(2,3)25-16-11-12-17-26(25)33(28)6/h10-22H,7-9,23-24H2,1-6H3;9-21H,7-8,22H2,1-6H3/q2*+1. The summed E-state index contributed by atoms with van der Waals surface area (Å²) in [4.78, 5) is 5.10. The molecule has 0 N–H and O–H groups in total. The molecule has 0 aromatic heterocycles. The summed E-state index contributed by atoms with van der Waals surface area (Å²) in [6.45, 7) is 28.9. The molecule has 70 heavy (non-hydrogen) atoms. The van der Waals surface area contributed by atoms with E-state index in [9.17, 15) is 0 Å². The van der Waals surface area contributed by atoms with E-state index in [1.54, 1.807) is 0 Å². The van der Waals surface area contributed by atoms with Crippen LogP contribution in [0.3, 0.4) is 0 Å². The number of nitrogens with zero attached hydrogens (tertiary/aromatic N) is 4. The minimum absolute atomic E-state index is 0.00692. The SMILES string of the molecule is CCCCN1C(=CC=CC2=[N+](C)c3ccccc3C2(C)C)C(C)(C)c2c1ccc1ccccc21.CCCC[N+]1=C(C=C/C=C2/N(CCC)c3ccccc3C2(C)C)C(C)(C)c2c1ccc1ccccc21. The number of rotatable bonds is 12. The van der Waals surface area contributed by atoms with E-state index < -0.39 is 0 Å². The highest BCUT2D eigenvalue weighted by Gasteiger charge is 2.46. The molecule has 4 aliphatic heterocycles. The van der Waals surface area contributed by atoms with E-state index in [0.717, 1.165) is 26.1 Å². The van der Waals surface area contributed by atoms with Gasteiger partial charge < -0.3 is 9.80 Å². The second-order valence-electron chi connectivity index (χ2n) is 22.2. The molecular formula is C66H78N4+2. The minimum Gasteiger partial charge on any atom is -0.344 e. The van der Waals surface area contributed by atoms with Crippen molar-refractivity contribution in [2.45, 2.75) is 130 Å². The maximum atomic E-state index is 2.58. The van der Waals surface area contributed by atoms with Gasteiger partial charge >= 0.3 is 0 Å². The molecular weight excluding hydrogens is 849 g/mol. The molecule has 360 valence electrons. The Hall–Kier alpha value is -6.26. The van der Waals surface area contributed by atoms with E-state index in [2.05, 4.69) is 260 Å². The van der Waals surface area contributed by atoms with Gasteiger partial charge in [0.2, 0.25) is 11.4 Å². The van der Waals surface area contributed by atoms with Gasteiger partial charge in [0.25, 0.3) is 0 Å². The van der Waals surface area contributed by atoms with E-state index >= 15 is 0 Å². The molecule has 0 atom stereocenters. The van der Waals surface area contributed by atoms with Gasteiger partial charge in [-0.1, -0.05) is 164 Å². The van der Waals surface area contributed by atoms with E-state index in [0.29, 0.717) is 0 Å². The fraction of sp³-hybridized carbons (Fsp3) is 0.364. The molecule has 4 aliphatic rings. The molecule has 4 heterocycles. The van der Waals surface area contributed by atoms with Gasteiger partial charge in [-0.3, -0.25) is 0 Å². The molecule has 10 rings (SSSR count). The summed E-state index contributed by atoms with van der Waals surface area (Å²) in [5.74, 6) is 0. The summed E-state index contributed by atoms with van der Waals surface area (Å²) >= 11 is 0. The summed E-state index contributed by atoms with van der Waals surface area (Å²) < 4.78 is 4.93. The van der Waals surface area contributed by atoms with E-state index in [1.807, 2.05) is 0 Å². The highest BCUT2D eigenvalue weighted by Crippen LogP contribution is 2.52. The van der Waals surface area contributed by atoms with Crippen molar-refractivity contribution in [3.05, 3.63) is 191 Å². The molecule has 6 aromatic rings. The zero-order chi connectivity index (χ0) is 49.6. The molecule has 0 bridgehead atoms. The maximum Gasteiger partial charge on any atom is 0.210 e. The normalized spacial score (nSPS) is 19.3. The number of unbranched alkanes of at least 4 members (excludes halogenated alkanes) is 2. The van der Waals surface area contributed by atoms with E-state index in [4.69, 9.17) is 0 Å². The lowest BCUT2D eigenvalue weighted by molar-refractivity contribution is -0.438. The number of hydrogen-bond acceptors (Lipinski definition) is 2. The van der Waals surface area contributed by atoms with E-state index in [1.165, 1.54) is 115 Å². The first-order chi connectivity index (χ1) is 33.6. The van der Waals surface area contributed by atoms with Crippen molar-refractivity contribution in [3.63, 3.8) is 0 Å². The predicted octanol–water partition coefficient (Wildman–Crippen LogP) is 16.5. The third-order valence-electron chi connectivity index (χ3n) is 16.2. The number of allylic oxidation sites excluding steroid dienone is 8. The van der Waals surface area contributed by atoms with Gasteiger partial charge in [0.1, 0.15) is 13.6 Å². The van der Waals surface area contributed by atoms with Gasteiger partial charge in [-0.2, -0.15) is 9.15 Å². The fourth-order valence-corrected chi connectivity index (χ4v) is 12.6. The number of fused-ring (bicyclic) bond motifs is 8. The van der Waals surface area contributed by atoms with Crippen LogP contribution < -0.4 is 9.80 Å². The van der Waals surface area contributed by atoms with Crippen molar-refractivity contribution in [1.82, 2.24) is 0 Å². The van der Waals surface area contributed by atoms with Crippen molar-refractivity contribution >= 4 is 55.7 Å². The largest absolute Gasteiger partial charge is 0.344 e. The lowest BCUT2D eigenvalue weighted by Crippen LogP contribution is -2.28. The molecule has 0 spiro atoms. The second kappa shape index (κ2) is 19.2. The van der Waals surface area contributed by atoms with Gasteiger partial charge in [0.05, 0.1) is 10.8 Å². The Bertz CT molecular complexity index is 3160. The third kappa shape index (κ3) is 8.19. The Balaban J connectivity index is 0.000000174. The summed E-state index contributed by atoms with van der Waals surface area (Å²) in [7, 11) is 2.19. The van der Waals surface area contributed by atoms with Crippen LogP contribution >= 0.6 is 0 Å². The molecule has 4 heteroatoms. The summed E-state index contributed by atoms with van der Waals surface area (Å²) in [5, 5.41) is 5.40. The van der Waals surface area contributed by atoms with Crippen LogP contribution in [0.15, 0.2) is 169 Å². The lowest BCUT2D eigenvalue weighted by Gasteiger charge is -2.27. The molecule has 0 unspecified atom stereocenters. The molecule has 0 fully saturated rings. The van der Waals surface area contributed by atoms with Crippen LogP contribution in [-0.4, -0.2) is 47.3 Å². The molecule has 4 nitrogen and oxygen atoms in total. The average molecular weight is 927 g/mol. The van der Waals surface area contributed by atoms with Gasteiger partial charge in [-0.15, -0.1) is 0 Å². The Kier molecular flexibility index (Phi) is 13.3. The number of hydrogen-bond donors (Lipinski definition) is 0. The highest BCUT2D eigenvalue weighted by atomic mass is 15.2. The van der Waals surface area contributed by atoms with Gasteiger partial charge in [0, 0.05) is 88.5 Å². The number of anilines is 2. The van der Waals surface area contributed by atoms with Gasteiger partial charge in [-0.25, -0.2) is 0 Å². The minimum atomic E-state index is -0.0593. The molecule has 0 aliphatic carbocycles. The van der Waals surface area contributed by atoms with Crippen LogP contribution in [0.5, 0.6) is 0 Å². The van der Waals surface area contributed by atoms with Gasteiger partial charge in [-0.05, 0) is 104 Å². The fourth-order valence-electron chi connectivity index (χ4n) is 12.6. The van der Waals surface area contributed by atoms with Crippen LogP contribution in [0.2, 0.25) is 0 Å². The second-order valence-corrected chi connectivity index (χ2v) is 22.2. The van der Waals surface area contributed by atoms with Crippen molar-refractivity contribution < 1.29 is 9.15 Å². The van der Waals surface area contributed by atoms with Crippen molar-refractivity contribution in [1.29, 1.82) is 0 Å². The number of benzene rings is 6. The molecule has 0 saturated carbocycles. The summed E-state index contributed by atoms with van der Waals surface area (Å²) in [5.41, 5.74) is 16.5. The van der Waals surface area contributed by atoms with Crippen LogP contribution in [0.1, 0.15) is 131 Å². The van der Waals surface area contributed by atoms with Crippen LogP contribution in [-0.2, 0) is 21.7 Å². The smallest absolute Gasteiger partial charge is 0.210 e. The Morgan fingerprint density at radius 3 is 1.67 bits per heavy atom. The Morgan fingerprint density at radius 1 is 0.457 bits per heavy atom. The van der Waals surface area contributed by atoms with Gasteiger partial charge in [0.15, 0.2) is 11.4 Å². The summed E-state index contributed by atoms with van der Waals surface area (Å²) in [6.07, 6.45) is 19.9. The Labute approximate surface area is 420 Å². The first-order valence-electron chi connectivity index (χ1n) is 26.4. The summed E-state index contributed by atoms with van der Waals surface area (Å²) in [6, 6.07) is 44.6. The topological polar surface area (TPSA) is 12.5 Å². The van der Waals surface area contributed by atoms with Crippen molar-refractivity contribution in [2.75, 3.05) is 36.5 Å². The quantitative estimate of drug-likeness (QED) is 0.113. The maximum absolute atomic E-state index is 2.58.